The zero-order valence-corrected chi connectivity index (χ0v) is 18.9. The Morgan fingerprint density at radius 1 is 1.07 bits per heavy atom. The molecule has 1 aliphatic heterocycles. The van der Waals surface area contributed by atoms with Crippen LogP contribution in [0.5, 0.6) is 5.75 Å². The molecule has 2 aromatic rings. The number of guanidine groups is 1. The fourth-order valence-electron chi connectivity index (χ4n) is 3.08. The van der Waals surface area contributed by atoms with E-state index in [-0.39, 0.29) is 24.0 Å². The van der Waals surface area contributed by atoms with Crippen LogP contribution in [0.2, 0.25) is 0 Å². The third kappa shape index (κ3) is 6.15. The summed E-state index contributed by atoms with van der Waals surface area (Å²) in [4.78, 5) is 7.09. The first-order valence-electron chi connectivity index (χ1n) is 9.43. The SMILES string of the molecule is CCNC(=NCc1cccc(N2CC=CC2)c1)NCc1ccccc1OC.I. The van der Waals surface area contributed by atoms with Gasteiger partial charge in [0.25, 0.3) is 0 Å². The minimum absolute atomic E-state index is 0. The van der Waals surface area contributed by atoms with Gasteiger partial charge in [0.15, 0.2) is 5.96 Å². The molecule has 6 heteroatoms. The zero-order valence-electron chi connectivity index (χ0n) is 16.5. The molecule has 0 unspecified atom stereocenters. The largest absolute Gasteiger partial charge is 0.496 e. The maximum Gasteiger partial charge on any atom is 0.191 e. The molecule has 0 aliphatic carbocycles. The number of hydrogen-bond acceptors (Lipinski definition) is 3. The van der Waals surface area contributed by atoms with Crippen molar-refractivity contribution in [1.82, 2.24) is 10.6 Å². The summed E-state index contributed by atoms with van der Waals surface area (Å²) < 4.78 is 5.42. The first-order chi connectivity index (χ1) is 13.3. The quantitative estimate of drug-likeness (QED) is 0.266. The number of nitrogens with one attached hydrogen (secondary N) is 2. The number of para-hydroxylation sites is 1. The van der Waals surface area contributed by atoms with Crippen LogP contribution < -0.4 is 20.3 Å². The number of nitrogens with zero attached hydrogens (tertiary/aromatic N) is 2. The minimum atomic E-state index is 0. The van der Waals surface area contributed by atoms with Crippen molar-refractivity contribution in [1.29, 1.82) is 0 Å². The van der Waals surface area contributed by atoms with Crippen LogP contribution in [0, 0.1) is 0 Å². The lowest BCUT2D eigenvalue weighted by molar-refractivity contribution is 0.409. The summed E-state index contributed by atoms with van der Waals surface area (Å²) in [5, 5.41) is 6.70. The molecule has 0 aromatic heterocycles. The molecule has 0 saturated heterocycles. The van der Waals surface area contributed by atoms with Crippen molar-refractivity contribution in [3.05, 3.63) is 71.8 Å². The van der Waals surface area contributed by atoms with Crippen molar-refractivity contribution in [2.45, 2.75) is 20.0 Å². The van der Waals surface area contributed by atoms with E-state index in [1.54, 1.807) is 7.11 Å². The number of methoxy groups -OCH3 is 1. The van der Waals surface area contributed by atoms with Crippen molar-refractivity contribution < 1.29 is 4.74 Å². The van der Waals surface area contributed by atoms with Gasteiger partial charge in [-0.1, -0.05) is 42.5 Å². The number of anilines is 1. The van der Waals surface area contributed by atoms with Gasteiger partial charge in [-0.05, 0) is 30.7 Å². The molecule has 5 nitrogen and oxygen atoms in total. The molecule has 0 fully saturated rings. The topological polar surface area (TPSA) is 48.9 Å². The third-order valence-corrected chi connectivity index (χ3v) is 4.50. The monoisotopic (exact) mass is 492 g/mol. The average molecular weight is 492 g/mol. The van der Waals surface area contributed by atoms with Gasteiger partial charge < -0.3 is 20.3 Å². The van der Waals surface area contributed by atoms with Gasteiger partial charge in [0.1, 0.15) is 5.75 Å². The molecule has 0 spiro atoms. The highest BCUT2D eigenvalue weighted by Crippen LogP contribution is 2.19. The lowest BCUT2D eigenvalue weighted by atomic mass is 10.2. The van der Waals surface area contributed by atoms with Gasteiger partial charge in [-0.2, -0.15) is 0 Å². The molecule has 2 N–H and O–H groups in total. The standard InChI is InChI=1S/C22H28N4O.HI/c1-3-23-22(25-17-19-10-4-5-12-21(19)27-2)24-16-18-9-8-11-20(15-18)26-13-6-7-14-26;/h4-12,15H,3,13-14,16-17H2,1-2H3,(H2,23,24,25);1H. The van der Waals surface area contributed by atoms with Gasteiger partial charge in [-0.3, -0.25) is 0 Å². The lowest BCUT2D eigenvalue weighted by Gasteiger charge is -2.18. The normalized spacial score (nSPS) is 13.2. The van der Waals surface area contributed by atoms with Crippen LogP contribution in [0.4, 0.5) is 5.69 Å². The maximum absolute atomic E-state index is 5.42. The van der Waals surface area contributed by atoms with E-state index in [1.165, 1.54) is 11.3 Å². The molecular formula is C22H29IN4O. The number of rotatable bonds is 7. The van der Waals surface area contributed by atoms with Crippen LogP contribution in [0.1, 0.15) is 18.1 Å². The summed E-state index contributed by atoms with van der Waals surface area (Å²) in [7, 11) is 1.70. The second kappa shape index (κ2) is 11.6. The Morgan fingerprint density at radius 2 is 1.86 bits per heavy atom. The highest BCUT2D eigenvalue weighted by Gasteiger charge is 2.08. The first-order valence-corrected chi connectivity index (χ1v) is 9.43. The highest BCUT2D eigenvalue weighted by atomic mass is 127. The number of ether oxygens (including phenoxy) is 1. The number of halogens is 1. The molecule has 3 rings (SSSR count). The van der Waals surface area contributed by atoms with E-state index in [1.807, 2.05) is 18.2 Å². The van der Waals surface area contributed by atoms with Gasteiger partial charge in [0, 0.05) is 37.4 Å². The molecule has 0 saturated carbocycles. The van der Waals surface area contributed by atoms with Gasteiger partial charge in [-0.25, -0.2) is 4.99 Å². The van der Waals surface area contributed by atoms with E-state index in [9.17, 15) is 0 Å². The summed E-state index contributed by atoms with van der Waals surface area (Å²) >= 11 is 0. The zero-order chi connectivity index (χ0) is 18.9. The molecule has 0 radical (unpaired) electrons. The Labute approximate surface area is 184 Å². The van der Waals surface area contributed by atoms with E-state index < -0.39 is 0 Å². The number of hydrogen-bond donors (Lipinski definition) is 2. The van der Waals surface area contributed by atoms with Crippen molar-refractivity contribution in [3.8, 4) is 5.75 Å². The molecule has 0 amide bonds. The molecule has 1 aliphatic rings. The van der Waals surface area contributed by atoms with Crippen LogP contribution in [0.15, 0.2) is 65.7 Å². The Morgan fingerprint density at radius 3 is 2.61 bits per heavy atom. The number of benzene rings is 2. The molecule has 2 aromatic carbocycles. The fourth-order valence-corrected chi connectivity index (χ4v) is 3.08. The fraction of sp³-hybridized carbons (Fsp3) is 0.318. The van der Waals surface area contributed by atoms with E-state index >= 15 is 0 Å². The summed E-state index contributed by atoms with van der Waals surface area (Å²) in [6.07, 6.45) is 4.41. The number of aliphatic imine (C=N–C) groups is 1. The van der Waals surface area contributed by atoms with Crippen LogP contribution in [0.3, 0.4) is 0 Å². The van der Waals surface area contributed by atoms with Gasteiger partial charge in [0.2, 0.25) is 0 Å². The third-order valence-electron chi connectivity index (χ3n) is 4.50. The van der Waals surface area contributed by atoms with E-state index in [2.05, 4.69) is 64.9 Å². The molecule has 28 heavy (non-hydrogen) atoms. The molecule has 0 bridgehead atoms. The molecule has 1 heterocycles. The van der Waals surface area contributed by atoms with Crippen molar-refractivity contribution in [2.75, 3.05) is 31.6 Å². The van der Waals surface area contributed by atoms with E-state index in [0.717, 1.165) is 36.9 Å². The van der Waals surface area contributed by atoms with Gasteiger partial charge in [0.05, 0.1) is 13.7 Å². The summed E-state index contributed by atoms with van der Waals surface area (Å²) in [5.74, 6) is 1.68. The Hall–Kier alpha value is -2.22. The smallest absolute Gasteiger partial charge is 0.191 e. The average Bonchev–Trinajstić information content (AvgIpc) is 3.25. The maximum atomic E-state index is 5.42. The van der Waals surface area contributed by atoms with Crippen molar-refractivity contribution in [3.63, 3.8) is 0 Å². The van der Waals surface area contributed by atoms with Gasteiger partial charge in [-0.15, -0.1) is 24.0 Å². The molecule has 0 atom stereocenters. The molecule has 150 valence electrons. The van der Waals surface area contributed by atoms with Crippen LogP contribution in [-0.2, 0) is 13.1 Å². The summed E-state index contributed by atoms with van der Waals surface area (Å²) in [5.41, 5.74) is 3.56. The second-order valence-corrected chi connectivity index (χ2v) is 6.41. The van der Waals surface area contributed by atoms with E-state index in [4.69, 9.17) is 9.73 Å². The van der Waals surface area contributed by atoms with Crippen molar-refractivity contribution >= 4 is 35.6 Å². The van der Waals surface area contributed by atoms with Gasteiger partial charge >= 0.3 is 0 Å². The Balaban J connectivity index is 0.00000280. The van der Waals surface area contributed by atoms with Crippen molar-refractivity contribution in [2.24, 2.45) is 4.99 Å². The summed E-state index contributed by atoms with van der Waals surface area (Å²) in [6.45, 7) is 6.15. The Bertz CT molecular complexity index is 799. The van der Waals surface area contributed by atoms with Crippen LogP contribution >= 0.6 is 24.0 Å². The minimum Gasteiger partial charge on any atom is -0.496 e. The van der Waals surface area contributed by atoms with Crippen LogP contribution in [-0.4, -0.2) is 32.7 Å². The Kier molecular flexibility index (Phi) is 9.13. The summed E-state index contributed by atoms with van der Waals surface area (Å²) in [6, 6.07) is 16.6. The lowest BCUT2D eigenvalue weighted by Crippen LogP contribution is -2.36. The molecular weight excluding hydrogens is 463 g/mol. The first kappa shape index (κ1) is 22.1. The second-order valence-electron chi connectivity index (χ2n) is 6.41. The highest BCUT2D eigenvalue weighted by molar-refractivity contribution is 14.0. The predicted molar refractivity (Wildman–Crippen MR) is 128 cm³/mol. The predicted octanol–water partition coefficient (Wildman–Crippen LogP) is 3.94. The van der Waals surface area contributed by atoms with E-state index in [0.29, 0.717) is 13.1 Å². The van der Waals surface area contributed by atoms with Crippen LogP contribution in [0.25, 0.3) is 0 Å².